The molecule has 0 aliphatic heterocycles. The van der Waals surface area contributed by atoms with E-state index in [0.717, 1.165) is 5.56 Å². The van der Waals surface area contributed by atoms with Gasteiger partial charge in [0.15, 0.2) is 0 Å². The molecule has 0 atom stereocenters. The predicted octanol–water partition coefficient (Wildman–Crippen LogP) is 2.25. The fourth-order valence-corrected chi connectivity index (χ4v) is 1.45. The highest BCUT2D eigenvalue weighted by Crippen LogP contribution is 2.25. The molecule has 102 valence electrons. The van der Waals surface area contributed by atoms with Crippen LogP contribution in [0.3, 0.4) is 0 Å². The predicted molar refractivity (Wildman–Crippen MR) is 77.6 cm³/mol. The van der Waals surface area contributed by atoms with Crippen molar-refractivity contribution in [3.8, 4) is 0 Å². The molecule has 0 saturated carbocycles. The molecule has 0 heterocycles. The van der Waals surface area contributed by atoms with Gasteiger partial charge in [0.2, 0.25) is 0 Å². The minimum Gasteiger partial charge on any atom is -0.401 e. The third kappa shape index (κ3) is 4.79. The largest absolute Gasteiger partial charge is 0.401 e. The van der Waals surface area contributed by atoms with Crippen LogP contribution < -0.4 is 11.1 Å². The number of nitro groups is 1. The normalized spacial score (nSPS) is 11.8. The molecule has 1 aromatic rings. The monoisotopic (exact) mass is 262 g/mol. The molecular formula is C13H18N4O2. The number of anilines is 1. The number of nitrogens with two attached hydrogens (primary N) is 1. The molecule has 6 nitrogen and oxygen atoms in total. The van der Waals surface area contributed by atoms with Crippen molar-refractivity contribution < 1.29 is 4.92 Å². The Hall–Kier alpha value is -2.37. The summed E-state index contributed by atoms with van der Waals surface area (Å²) in [5.74, 6) is 0. The molecule has 0 aromatic heterocycles. The van der Waals surface area contributed by atoms with Crippen molar-refractivity contribution in [3.63, 3.8) is 0 Å². The molecule has 0 aliphatic carbocycles. The van der Waals surface area contributed by atoms with E-state index in [-0.39, 0.29) is 5.69 Å². The molecule has 19 heavy (non-hydrogen) atoms. The van der Waals surface area contributed by atoms with E-state index in [0.29, 0.717) is 24.5 Å². The summed E-state index contributed by atoms with van der Waals surface area (Å²) in [6, 6.07) is 5.02. The highest BCUT2D eigenvalue weighted by Gasteiger charge is 2.12. The summed E-state index contributed by atoms with van der Waals surface area (Å²) >= 11 is 0. The Morgan fingerprint density at radius 2 is 2.32 bits per heavy atom. The van der Waals surface area contributed by atoms with E-state index in [1.807, 2.05) is 19.9 Å². The molecule has 0 saturated heterocycles. The van der Waals surface area contributed by atoms with E-state index in [1.165, 1.54) is 6.07 Å². The van der Waals surface area contributed by atoms with Crippen molar-refractivity contribution in [2.24, 2.45) is 10.7 Å². The van der Waals surface area contributed by atoms with Crippen molar-refractivity contribution in [3.05, 3.63) is 45.6 Å². The Balaban J connectivity index is 2.75. The molecule has 0 radical (unpaired) electrons. The number of nitrogens with zero attached hydrogens (tertiary/aromatic N) is 2. The topological polar surface area (TPSA) is 93.5 Å². The van der Waals surface area contributed by atoms with Crippen LogP contribution in [0.1, 0.15) is 12.5 Å². The van der Waals surface area contributed by atoms with Gasteiger partial charge in [-0.1, -0.05) is 6.07 Å². The molecule has 0 fully saturated rings. The summed E-state index contributed by atoms with van der Waals surface area (Å²) in [6.45, 7) is 4.76. The Morgan fingerprint density at radius 1 is 1.58 bits per heavy atom. The lowest BCUT2D eigenvalue weighted by Gasteiger charge is -2.07. The number of rotatable bonds is 6. The van der Waals surface area contributed by atoms with Crippen molar-refractivity contribution >= 4 is 17.6 Å². The number of hydrogen-bond donors (Lipinski definition) is 2. The zero-order valence-electron chi connectivity index (χ0n) is 11.1. The number of benzene rings is 1. The summed E-state index contributed by atoms with van der Waals surface area (Å²) < 4.78 is 0. The van der Waals surface area contributed by atoms with E-state index in [1.54, 1.807) is 18.4 Å². The van der Waals surface area contributed by atoms with E-state index in [9.17, 15) is 10.1 Å². The van der Waals surface area contributed by atoms with Gasteiger partial charge in [-0.25, -0.2) is 0 Å². The number of aryl methyl sites for hydroxylation is 1. The van der Waals surface area contributed by atoms with Crippen molar-refractivity contribution in [1.82, 2.24) is 0 Å². The minimum atomic E-state index is -0.409. The maximum atomic E-state index is 10.9. The van der Waals surface area contributed by atoms with Crippen LogP contribution in [0, 0.1) is 17.0 Å². The molecule has 0 amide bonds. The van der Waals surface area contributed by atoms with Crippen LogP contribution in [0.2, 0.25) is 0 Å². The van der Waals surface area contributed by atoms with Crippen LogP contribution in [0.5, 0.6) is 0 Å². The van der Waals surface area contributed by atoms with Crippen molar-refractivity contribution in [1.29, 1.82) is 0 Å². The Kier molecular flexibility index (Phi) is 5.53. The van der Waals surface area contributed by atoms with Gasteiger partial charge in [0.1, 0.15) is 5.69 Å². The summed E-state index contributed by atoms with van der Waals surface area (Å²) in [6.07, 6.45) is 3.30. The molecule has 3 N–H and O–H groups in total. The number of aliphatic imine (C=N–C) groups is 1. The summed E-state index contributed by atoms with van der Waals surface area (Å²) in [4.78, 5) is 14.5. The second-order valence-corrected chi connectivity index (χ2v) is 4.02. The van der Waals surface area contributed by atoms with E-state index in [2.05, 4.69) is 10.3 Å². The van der Waals surface area contributed by atoms with E-state index >= 15 is 0 Å². The first-order valence-electron chi connectivity index (χ1n) is 5.98. The Morgan fingerprint density at radius 3 is 2.95 bits per heavy atom. The highest BCUT2D eigenvalue weighted by molar-refractivity contribution is 5.72. The first-order valence-corrected chi connectivity index (χ1v) is 5.98. The van der Waals surface area contributed by atoms with Crippen LogP contribution in [-0.4, -0.2) is 24.2 Å². The average Bonchev–Trinajstić information content (AvgIpc) is 2.37. The quantitative estimate of drug-likeness (QED) is 0.467. The maximum Gasteiger partial charge on any atom is 0.292 e. The second kappa shape index (κ2) is 7.15. The van der Waals surface area contributed by atoms with Gasteiger partial charge in [0.05, 0.1) is 11.5 Å². The Labute approximate surface area is 112 Å². The molecule has 0 aliphatic rings. The summed E-state index contributed by atoms with van der Waals surface area (Å²) in [5, 5.41) is 13.9. The van der Waals surface area contributed by atoms with Gasteiger partial charge in [-0.05, 0) is 31.6 Å². The minimum absolute atomic E-state index is 0.0509. The Bertz CT molecular complexity index is 509. The van der Waals surface area contributed by atoms with Crippen molar-refractivity contribution in [2.75, 3.05) is 18.4 Å². The molecule has 1 rings (SSSR count). The lowest BCUT2D eigenvalue weighted by atomic mass is 10.2. The zero-order chi connectivity index (χ0) is 14.3. The number of allylic oxidation sites excluding steroid dienone is 1. The fraction of sp³-hybridized carbons (Fsp3) is 0.308. The zero-order valence-corrected chi connectivity index (χ0v) is 11.1. The summed E-state index contributed by atoms with van der Waals surface area (Å²) in [7, 11) is 0. The average molecular weight is 262 g/mol. The fourth-order valence-electron chi connectivity index (χ4n) is 1.45. The van der Waals surface area contributed by atoms with Gasteiger partial charge in [-0.3, -0.25) is 15.1 Å². The molecule has 1 aromatic carbocycles. The van der Waals surface area contributed by atoms with Crippen molar-refractivity contribution in [2.45, 2.75) is 13.8 Å². The lowest BCUT2D eigenvalue weighted by molar-refractivity contribution is -0.384. The third-order valence-electron chi connectivity index (χ3n) is 2.41. The van der Waals surface area contributed by atoms with Gasteiger partial charge in [-0.2, -0.15) is 0 Å². The van der Waals surface area contributed by atoms with Gasteiger partial charge in [0.25, 0.3) is 5.69 Å². The van der Waals surface area contributed by atoms with Crippen LogP contribution in [0.4, 0.5) is 11.4 Å². The van der Waals surface area contributed by atoms with Crippen LogP contribution in [0.15, 0.2) is 35.0 Å². The molecular weight excluding hydrogens is 244 g/mol. The smallest absolute Gasteiger partial charge is 0.292 e. The maximum absolute atomic E-state index is 10.9. The molecule has 0 bridgehead atoms. The van der Waals surface area contributed by atoms with Crippen LogP contribution >= 0.6 is 0 Å². The molecule has 6 heteroatoms. The SMILES string of the molecule is CCN=CC=C(N)CNc1ccc(C)cc1[N+](=O)[O-]. The van der Waals surface area contributed by atoms with Crippen LogP contribution in [0.25, 0.3) is 0 Å². The molecule has 0 unspecified atom stereocenters. The number of nitro benzene ring substituents is 1. The van der Waals surface area contributed by atoms with E-state index in [4.69, 9.17) is 5.73 Å². The van der Waals surface area contributed by atoms with Gasteiger partial charge < -0.3 is 11.1 Å². The van der Waals surface area contributed by atoms with Gasteiger partial charge in [-0.15, -0.1) is 0 Å². The highest BCUT2D eigenvalue weighted by atomic mass is 16.6. The number of hydrogen-bond acceptors (Lipinski definition) is 5. The third-order valence-corrected chi connectivity index (χ3v) is 2.41. The standard InChI is InChI=1S/C13H18N4O2/c1-3-15-7-6-11(14)9-16-12-5-4-10(2)8-13(12)17(18)19/h4-8,16H,3,9,14H2,1-2H3. The van der Waals surface area contributed by atoms with Gasteiger partial charge >= 0.3 is 0 Å². The molecule has 0 spiro atoms. The first kappa shape index (κ1) is 14.7. The van der Waals surface area contributed by atoms with Gasteiger partial charge in [0, 0.05) is 24.5 Å². The first-order chi connectivity index (χ1) is 9.04. The number of nitrogens with one attached hydrogen (secondary N) is 1. The second-order valence-electron chi connectivity index (χ2n) is 4.02. The summed E-state index contributed by atoms with van der Waals surface area (Å²) in [5.41, 5.74) is 7.67. The lowest BCUT2D eigenvalue weighted by Crippen LogP contribution is -2.12. The van der Waals surface area contributed by atoms with E-state index < -0.39 is 4.92 Å². The van der Waals surface area contributed by atoms with Crippen LogP contribution in [-0.2, 0) is 0 Å².